The van der Waals surface area contributed by atoms with Crippen LogP contribution >= 0.6 is 0 Å². The van der Waals surface area contributed by atoms with Gasteiger partial charge < -0.3 is 15.0 Å². The number of ether oxygens (including phenoxy) is 1. The molecule has 2 aliphatic heterocycles. The number of carbonyl (C=O) groups is 1. The van der Waals surface area contributed by atoms with Gasteiger partial charge in [-0.3, -0.25) is 4.79 Å². The first-order valence-corrected chi connectivity index (χ1v) is 8.25. The van der Waals surface area contributed by atoms with Gasteiger partial charge >= 0.3 is 0 Å². The van der Waals surface area contributed by atoms with E-state index < -0.39 is 0 Å². The lowest BCUT2D eigenvalue weighted by Crippen LogP contribution is -2.48. The Morgan fingerprint density at radius 2 is 2.36 bits per heavy atom. The van der Waals surface area contributed by atoms with E-state index in [1.54, 1.807) is 6.20 Å². The fourth-order valence-electron chi connectivity index (χ4n) is 3.23. The summed E-state index contributed by atoms with van der Waals surface area (Å²) in [5.74, 6) is 1.03. The second-order valence-corrected chi connectivity index (χ2v) is 6.11. The maximum atomic E-state index is 12.1. The highest BCUT2D eigenvalue weighted by Gasteiger charge is 2.23. The minimum absolute atomic E-state index is 0.140. The largest absolute Gasteiger partial charge is 0.378 e. The van der Waals surface area contributed by atoms with Crippen LogP contribution in [0.5, 0.6) is 0 Å². The van der Waals surface area contributed by atoms with Crippen molar-refractivity contribution < 1.29 is 9.53 Å². The number of hydrogen-bond acceptors (Lipinski definition) is 5. The third-order valence-corrected chi connectivity index (χ3v) is 4.39. The summed E-state index contributed by atoms with van der Waals surface area (Å²) in [5, 5.41) is 11.2. The lowest BCUT2D eigenvalue weighted by Gasteiger charge is -2.33. The molecule has 2 atom stereocenters. The van der Waals surface area contributed by atoms with Crippen LogP contribution in [0.2, 0.25) is 0 Å². The standard InChI is InChI=1S/C16H24N4O2/c21-16(8-7-14-5-3-11-22-14)18-13-4-2-10-20(12-13)15-6-1-9-17-19-15/h1,6,9,13-14H,2-5,7-8,10-12H2,(H,18,21). The van der Waals surface area contributed by atoms with Gasteiger partial charge in [0.05, 0.1) is 6.10 Å². The van der Waals surface area contributed by atoms with Gasteiger partial charge in [0, 0.05) is 38.4 Å². The zero-order valence-corrected chi connectivity index (χ0v) is 12.9. The van der Waals surface area contributed by atoms with Crippen LogP contribution in [-0.2, 0) is 9.53 Å². The van der Waals surface area contributed by atoms with E-state index in [1.807, 2.05) is 12.1 Å². The Kier molecular flexibility index (Phi) is 5.21. The molecule has 22 heavy (non-hydrogen) atoms. The number of aromatic nitrogens is 2. The van der Waals surface area contributed by atoms with Gasteiger partial charge in [-0.15, -0.1) is 5.10 Å². The van der Waals surface area contributed by atoms with Crippen LogP contribution in [0.3, 0.4) is 0 Å². The molecule has 0 bridgehead atoms. The van der Waals surface area contributed by atoms with E-state index in [4.69, 9.17) is 4.74 Å². The highest BCUT2D eigenvalue weighted by Crippen LogP contribution is 2.18. The maximum absolute atomic E-state index is 12.1. The van der Waals surface area contributed by atoms with E-state index in [2.05, 4.69) is 20.4 Å². The number of carbonyl (C=O) groups excluding carboxylic acids is 1. The Hall–Kier alpha value is -1.69. The van der Waals surface area contributed by atoms with Crippen molar-refractivity contribution in [3.8, 4) is 0 Å². The molecule has 0 aromatic carbocycles. The predicted octanol–water partition coefficient (Wildman–Crippen LogP) is 1.52. The van der Waals surface area contributed by atoms with Crippen LogP contribution in [0.25, 0.3) is 0 Å². The third-order valence-electron chi connectivity index (χ3n) is 4.39. The Bertz CT molecular complexity index is 476. The molecule has 2 unspecified atom stereocenters. The summed E-state index contributed by atoms with van der Waals surface area (Å²) in [6, 6.07) is 4.06. The molecule has 0 spiro atoms. The summed E-state index contributed by atoms with van der Waals surface area (Å²) < 4.78 is 5.56. The van der Waals surface area contributed by atoms with Gasteiger partial charge in [0.2, 0.25) is 5.91 Å². The zero-order chi connectivity index (χ0) is 15.2. The first-order chi connectivity index (χ1) is 10.8. The topological polar surface area (TPSA) is 67.3 Å². The highest BCUT2D eigenvalue weighted by molar-refractivity contribution is 5.76. The molecule has 2 saturated heterocycles. The SMILES string of the molecule is O=C(CCC1CCCO1)NC1CCCN(c2cccnn2)C1. The fourth-order valence-corrected chi connectivity index (χ4v) is 3.23. The van der Waals surface area contributed by atoms with Crippen molar-refractivity contribution in [3.63, 3.8) is 0 Å². The van der Waals surface area contributed by atoms with E-state index >= 15 is 0 Å². The highest BCUT2D eigenvalue weighted by atomic mass is 16.5. The first kappa shape index (κ1) is 15.2. The Morgan fingerprint density at radius 1 is 1.41 bits per heavy atom. The van der Waals surface area contributed by atoms with Crippen LogP contribution in [0.1, 0.15) is 38.5 Å². The number of amides is 1. The second-order valence-electron chi connectivity index (χ2n) is 6.11. The summed E-state index contributed by atoms with van der Waals surface area (Å²) in [6.45, 7) is 2.63. The number of hydrogen-bond donors (Lipinski definition) is 1. The third kappa shape index (κ3) is 4.16. The molecule has 3 rings (SSSR count). The lowest BCUT2D eigenvalue weighted by atomic mass is 10.0. The van der Waals surface area contributed by atoms with Gasteiger partial charge in [0.15, 0.2) is 5.82 Å². The van der Waals surface area contributed by atoms with Gasteiger partial charge in [-0.05, 0) is 44.2 Å². The van der Waals surface area contributed by atoms with Crippen LogP contribution < -0.4 is 10.2 Å². The monoisotopic (exact) mass is 304 g/mol. The number of nitrogens with one attached hydrogen (secondary N) is 1. The van der Waals surface area contributed by atoms with Crippen LogP contribution in [0.4, 0.5) is 5.82 Å². The molecule has 6 heteroatoms. The quantitative estimate of drug-likeness (QED) is 0.893. The van der Waals surface area contributed by atoms with E-state index in [-0.39, 0.29) is 18.1 Å². The molecule has 0 radical (unpaired) electrons. The molecule has 2 aliphatic rings. The van der Waals surface area contributed by atoms with Gasteiger partial charge in [-0.25, -0.2) is 0 Å². The van der Waals surface area contributed by atoms with E-state index in [0.29, 0.717) is 6.42 Å². The average molecular weight is 304 g/mol. The minimum Gasteiger partial charge on any atom is -0.378 e. The molecule has 1 N–H and O–H groups in total. The van der Waals surface area contributed by atoms with Crippen molar-refractivity contribution in [3.05, 3.63) is 18.3 Å². The van der Waals surface area contributed by atoms with Crippen LogP contribution in [-0.4, -0.2) is 47.9 Å². The molecule has 2 fully saturated rings. The first-order valence-electron chi connectivity index (χ1n) is 8.25. The van der Waals surface area contributed by atoms with Crippen molar-refractivity contribution in [1.29, 1.82) is 0 Å². The molecular weight excluding hydrogens is 280 g/mol. The molecule has 1 amide bonds. The summed E-state index contributed by atoms with van der Waals surface area (Å²) in [5.41, 5.74) is 0. The summed E-state index contributed by atoms with van der Waals surface area (Å²) in [6.07, 6.45) is 7.68. The van der Waals surface area contributed by atoms with E-state index in [0.717, 1.165) is 57.6 Å². The van der Waals surface area contributed by atoms with Crippen molar-refractivity contribution in [2.45, 2.75) is 50.7 Å². The average Bonchev–Trinajstić information content (AvgIpc) is 3.08. The van der Waals surface area contributed by atoms with E-state index in [1.165, 1.54) is 0 Å². The zero-order valence-electron chi connectivity index (χ0n) is 12.9. The minimum atomic E-state index is 0.140. The number of nitrogens with zero attached hydrogens (tertiary/aromatic N) is 3. The Morgan fingerprint density at radius 3 is 3.14 bits per heavy atom. The molecule has 6 nitrogen and oxygen atoms in total. The van der Waals surface area contributed by atoms with Crippen molar-refractivity contribution >= 4 is 11.7 Å². The van der Waals surface area contributed by atoms with Gasteiger partial charge in [0.25, 0.3) is 0 Å². The molecule has 1 aromatic rings. The fraction of sp³-hybridized carbons (Fsp3) is 0.688. The number of rotatable bonds is 5. The molecule has 0 aliphatic carbocycles. The second kappa shape index (κ2) is 7.54. The smallest absolute Gasteiger partial charge is 0.220 e. The molecular formula is C16H24N4O2. The summed E-state index contributed by atoms with van der Waals surface area (Å²) >= 11 is 0. The van der Waals surface area contributed by atoms with Crippen LogP contribution in [0, 0.1) is 0 Å². The number of anilines is 1. The molecule has 0 saturated carbocycles. The molecule has 3 heterocycles. The summed E-state index contributed by atoms with van der Waals surface area (Å²) in [4.78, 5) is 14.3. The van der Waals surface area contributed by atoms with Crippen molar-refractivity contribution in [1.82, 2.24) is 15.5 Å². The maximum Gasteiger partial charge on any atom is 0.220 e. The molecule has 1 aromatic heterocycles. The Labute approximate surface area is 131 Å². The summed E-state index contributed by atoms with van der Waals surface area (Å²) in [7, 11) is 0. The van der Waals surface area contributed by atoms with E-state index in [9.17, 15) is 4.79 Å². The van der Waals surface area contributed by atoms with Gasteiger partial charge in [-0.2, -0.15) is 5.10 Å². The van der Waals surface area contributed by atoms with Gasteiger partial charge in [0.1, 0.15) is 0 Å². The lowest BCUT2D eigenvalue weighted by molar-refractivity contribution is -0.122. The number of piperidine rings is 1. The van der Waals surface area contributed by atoms with Crippen molar-refractivity contribution in [2.75, 3.05) is 24.6 Å². The van der Waals surface area contributed by atoms with Crippen LogP contribution in [0.15, 0.2) is 18.3 Å². The predicted molar refractivity (Wildman–Crippen MR) is 83.6 cm³/mol. The Balaban J connectivity index is 1.44. The normalized spacial score (nSPS) is 25.2. The van der Waals surface area contributed by atoms with Crippen molar-refractivity contribution in [2.24, 2.45) is 0 Å². The van der Waals surface area contributed by atoms with Gasteiger partial charge in [-0.1, -0.05) is 0 Å². The molecule has 120 valence electrons.